The van der Waals surface area contributed by atoms with Crippen molar-refractivity contribution in [1.82, 2.24) is 10.3 Å². The summed E-state index contributed by atoms with van der Waals surface area (Å²) in [5.74, 6) is 0.767. The van der Waals surface area contributed by atoms with Gasteiger partial charge in [-0.15, -0.1) is 0 Å². The van der Waals surface area contributed by atoms with Gasteiger partial charge in [-0.05, 0) is 37.1 Å². The molecule has 0 bridgehead atoms. The second-order valence-corrected chi connectivity index (χ2v) is 5.75. The third-order valence-corrected chi connectivity index (χ3v) is 3.55. The van der Waals surface area contributed by atoms with Crippen LogP contribution in [0.5, 0.6) is 11.6 Å². The van der Waals surface area contributed by atoms with Crippen LogP contribution in [0.15, 0.2) is 41.0 Å². The first-order valence-electron chi connectivity index (χ1n) is 6.52. The maximum Gasteiger partial charge on any atom is 0.223 e. The molecule has 1 N–H and O–H groups in total. The standard InChI is InChI=1S/C15H14BrFN2O/c16-11-2-1-3-14(7-11)20-15-10(6-12(17)9-19-15)8-18-13-4-5-13/h1-3,6-7,9,13,18H,4-5,8H2. The van der Waals surface area contributed by atoms with Gasteiger partial charge in [-0.25, -0.2) is 9.37 Å². The number of rotatable bonds is 5. The molecule has 0 spiro atoms. The number of benzene rings is 1. The van der Waals surface area contributed by atoms with Crippen LogP contribution in [0.25, 0.3) is 0 Å². The number of ether oxygens (including phenoxy) is 1. The van der Waals surface area contributed by atoms with E-state index in [1.54, 1.807) is 0 Å². The van der Waals surface area contributed by atoms with Crippen LogP contribution in [-0.2, 0) is 6.54 Å². The Morgan fingerprint density at radius 1 is 1.35 bits per heavy atom. The number of pyridine rings is 1. The zero-order valence-electron chi connectivity index (χ0n) is 10.8. The first-order valence-corrected chi connectivity index (χ1v) is 7.31. The minimum Gasteiger partial charge on any atom is -0.439 e. The number of hydrogen-bond acceptors (Lipinski definition) is 3. The summed E-state index contributed by atoms with van der Waals surface area (Å²) in [5.41, 5.74) is 0.733. The molecule has 1 aliphatic rings. The van der Waals surface area contributed by atoms with Crippen LogP contribution in [0.4, 0.5) is 4.39 Å². The average molecular weight is 337 g/mol. The van der Waals surface area contributed by atoms with Crippen LogP contribution in [0.2, 0.25) is 0 Å². The van der Waals surface area contributed by atoms with Crippen LogP contribution in [0.1, 0.15) is 18.4 Å². The summed E-state index contributed by atoms with van der Waals surface area (Å²) in [6, 6.07) is 9.51. The number of nitrogens with one attached hydrogen (secondary N) is 1. The number of hydrogen-bond donors (Lipinski definition) is 1. The van der Waals surface area contributed by atoms with Gasteiger partial charge in [-0.3, -0.25) is 0 Å². The van der Waals surface area contributed by atoms with Gasteiger partial charge < -0.3 is 10.1 Å². The normalized spacial score (nSPS) is 14.3. The third-order valence-electron chi connectivity index (χ3n) is 3.06. The Kier molecular flexibility index (Phi) is 3.98. The molecule has 20 heavy (non-hydrogen) atoms. The predicted molar refractivity (Wildman–Crippen MR) is 78.3 cm³/mol. The lowest BCUT2D eigenvalue weighted by Gasteiger charge is -2.11. The lowest BCUT2D eigenvalue weighted by Crippen LogP contribution is -2.16. The van der Waals surface area contributed by atoms with E-state index < -0.39 is 0 Å². The zero-order chi connectivity index (χ0) is 13.9. The van der Waals surface area contributed by atoms with E-state index in [0.29, 0.717) is 24.2 Å². The zero-order valence-corrected chi connectivity index (χ0v) is 12.4. The van der Waals surface area contributed by atoms with Gasteiger partial charge in [0.25, 0.3) is 0 Å². The fourth-order valence-corrected chi connectivity index (χ4v) is 2.25. The monoisotopic (exact) mass is 336 g/mol. The van der Waals surface area contributed by atoms with Gasteiger partial charge in [0.05, 0.1) is 6.20 Å². The van der Waals surface area contributed by atoms with Gasteiger partial charge in [0.1, 0.15) is 11.6 Å². The van der Waals surface area contributed by atoms with E-state index in [2.05, 4.69) is 26.2 Å². The Labute approximate surface area is 125 Å². The molecule has 5 heteroatoms. The van der Waals surface area contributed by atoms with E-state index in [1.165, 1.54) is 25.1 Å². The molecule has 1 saturated carbocycles. The molecule has 1 fully saturated rings. The number of halogens is 2. The fraction of sp³-hybridized carbons (Fsp3) is 0.267. The molecule has 3 rings (SSSR count). The van der Waals surface area contributed by atoms with Gasteiger partial charge in [0, 0.05) is 22.6 Å². The van der Waals surface area contributed by atoms with Crippen LogP contribution in [0.3, 0.4) is 0 Å². The molecule has 0 unspecified atom stereocenters. The summed E-state index contributed by atoms with van der Waals surface area (Å²) in [7, 11) is 0. The van der Waals surface area contributed by atoms with Crippen molar-refractivity contribution in [2.75, 3.05) is 0 Å². The first kappa shape index (κ1) is 13.5. The van der Waals surface area contributed by atoms with Gasteiger partial charge in [0.15, 0.2) is 0 Å². The molecule has 0 atom stereocenters. The Morgan fingerprint density at radius 3 is 2.95 bits per heavy atom. The highest BCUT2D eigenvalue weighted by molar-refractivity contribution is 9.10. The quantitative estimate of drug-likeness (QED) is 0.895. The predicted octanol–water partition coefficient (Wildman–Crippen LogP) is 4.03. The lowest BCUT2D eigenvalue weighted by atomic mass is 10.2. The SMILES string of the molecule is Fc1cnc(Oc2cccc(Br)c2)c(CNC2CC2)c1. The second kappa shape index (κ2) is 5.89. The maximum atomic E-state index is 13.3. The van der Waals surface area contributed by atoms with E-state index in [-0.39, 0.29) is 5.82 Å². The molecule has 3 nitrogen and oxygen atoms in total. The maximum absolute atomic E-state index is 13.3. The smallest absolute Gasteiger partial charge is 0.223 e. The Balaban J connectivity index is 1.79. The largest absolute Gasteiger partial charge is 0.439 e. The molecule has 1 aromatic heterocycles. The molecule has 104 valence electrons. The summed E-state index contributed by atoms with van der Waals surface area (Å²) in [5, 5.41) is 3.34. The molecule has 0 saturated heterocycles. The summed E-state index contributed by atoms with van der Waals surface area (Å²) in [4.78, 5) is 4.05. The van der Waals surface area contributed by atoms with Crippen molar-refractivity contribution >= 4 is 15.9 Å². The lowest BCUT2D eigenvalue weighted by molar-refractivity contribution is 0.448. The fourth-order valence-electron chi connectivity index (χ4n) is 1.87. The van der Waals surface area contributed by atoms with Crippen molar-refractivity contribution in [3.05, 3.63) is 52.4 Å². The molecule has 1 heterocycles. The second-order valence-electron chi connectivity index (χ2n) is 4.83. The Morgan fingerprint density at radius 2 is 2.20 bits per heavy atom. The Bertz CT molecular complexity index is 617. The van der Waals surface area contributed by atoms with Gasteiger partial charge in [-0.2, -0.15) is 0 Å². The molecule has 0 radical (unpaired) electrons. The van der Waals surface area contributed by atoms with Crippen molar-refractivity contribution in [2.45, 2.75) is 25.4 Å². The average Bonchev–Trinajstić information content (AvgIpc) is 3.23. The van der Waals surface area contributed by atoms with Crippen LogP contribution in [-0.4, -0.2) is 11.0 Å². The van der Waals surface area contributed by atoms with Crippen molar-refractivity contribution in [2.24, 2.45) is 0 Å². The van der Waals surface area contributed by atoms with Crippen LogP contribution < -0.4 is 10.1 Å². The van der Waals surface area contributed by atoms with Crippen LogP contribution in [0, 0.1) is 5.82 Å². The van der Waals surface area contributed by atoms with Crippen molar-refractivity contribution in [3.63, 3.8) is 0 Å². The number of nitrogens with zero attached hydrogens (tertiary/aromatic N) is 1. The summed E-state index contributed by atoms with van der Waals surface area (Å²) < 4.78 is 20.0. The van der Waals surface area contributed by atoms with E-state index in [0.717, 1.165) is 10.0 Å². The molecule has 0 amide bonds. The van der Waals surface area contributed by atoms with Crippen LogP contribution >= 0.6 is 15.9 Å². The number of aromatic nitrogens is 1. The van der Waals surface area contributed by atoms with E-state index >= 15 is 0 Å². The molecular formula is C15H14BrFN2O. The minimum absolute atomic E-state index is 0.348. The summed E-state index contributed by atoms with van der Waals surface area (Å²) >= 11 is 3.39. The van der Waals surface area contributed by atoms with E-state index in [4.69, 9.17) is 4.74 Å². The van der Waals surface area contributed by atoms with Gasteiger partial charge in [0.2, 0.25) is 5.88 Å². The highest BCUT2D eigenvalue weighted by Crippen LogP contribution is 2.27. The summed E-state index contributed by atoms with van der Waals surface area (Å²) in [6.07, 6.45) is 3.54. The molecule has 1 aromatic carbocycles. The van der Waals surface area contributed by atoms with Crippen molar-refractivity contribution < 1.29 is 9.13 Å². The topological polar surface area (TPSA) is 34.1 Å². The minimum atomic E-state index is -0.348. The highest BCUT2D eigenvalue weighted by Gasteiger charge is 2.21. The summed E-state index contributed by atoms with van der Waals surface area (Å²) in [6.45, 7) is 0.568. The van der Waals surface area contributed by atoms with Gasteiger partial charge in [-0.1, -0.05) is 22.0 Å². The third kappa shape index (κ3) is 3.55. The van der Waals surface area contributed by atoms with Crippen molar-refractivity contribution in [3.8, 4) is 11.6 Å². The van der Waals surface area contributed by atoms with Crippen molar-refractivity contribution in [1.29, 1.82) is 0 Å². The Hall–Kier alpha value is -1.46. The molecule has 0 aliphatic heterocycles. The first-order chi connectivity index (χ1) is 9.70. The highest BCUT2D eigenvalue weighted by atomic mass is 79.9. The van der Waals surface area contributed by atoms with E-state index in [1.807, 2.05) is 24.3 Å². The van der Waals surface area contributed by atoms with E-state index in [9.17, 15) is 4.39 Å². The molecule has 1 aliphatic carbocycles. The molecular weight excluding hydrogens is 323 g/mol. The van der Waals surface area contributed by atoms with Gasteiger partial charge >= 0.3 is 0 Å². The molecule has 2 aromatic rings.